The van der Waals surface area contributed by atoms with E-state index in [1.807, 2.05) is 36.4 Å². The molecular weight excluding hydrogens is 653 g/mol. The SMILES string of the molecule is CC(C)(C)c1ccc(C(=O)NC(=S)Nc2ccc(NC(=O)CCCCCCCNC(=O)[C@H](Cc3c[nH]c4ccccc34)OC(N)=O)cc2)cc1. The molecule has 11 nitrogen and oxygen atoms in total. The van der Waals surface area contributed by atoms with Crippen molar-refractivity contribution in [2.75, 3.05) is 17.2 Å². The van der Waals surface area contributed by atoms with Gasteiger partial charge in [-0.05, 0) is 84.1 Å². The van der Waals surface area contributed by atoms with Gasteiger partial charge in [-0.1, -0.05) is 70.4 Å². The number of thiocarbonyl (C=S) groups is 1. The molecule has 0 bridgehead atoms. The lowest BCUT2D eigenvalue weighted by Gasteiger charge is -2.19. The Morgan fingerprint density at radius 3 is 2.16 bits per heavy atom. The van der Waals surface area contributed by atoms with E-state index in [0.29, 0.717) is 29.9 Å². The van der Waals surface area contributed by atoms with Crippen molar-refractivity contribution in [1.82, 2.24) is 15.6 Å². The Morgan fingerprint density at radius 2 is 1.48 bits per heavy atom. The van der Waals surface area contributed by atoms with Gasteiger partial charge in [0, 0.05) is 53.4 Å². The zero-order chi connectivity index (χ0) is 36.1. The van der Waals surface area contributed by atoms with Gasteiger partial charge in [-0.15, -0.1) is 0 Å². The van der Waals surface area contributed by atoms with E-state index in [1.165, 1.54) is 0 Å². The van der Waals surface area contributed by atoms with Gasteiger partial charge in [-0.25, -0.2) is 4.79 Å². The van der Waals surface area contributed by atoms with Crippen LogP contribution in [0.5, 0.6) is 0 Å². The largest absolute Gasteiger partial charge is 0.436 e. The number of carbonyl (C=O) groups excluding carboxylic acids is 4. The lowest BCUT2D eigenvalue weighted by molar-refractivity contribution is -0.129. The average Bonchev–Trinajstić information content (AvgIpc) is 3.48. The summed E-state index contributed by atoms with van der Waals surface area (Å²) in [6.07, 6.45) is 4.56. The smallest absolute Gasteiger partial charge is 0.405 e. The minimum atomic E-state index is -1.02. The Hall–Kier alpha value is -5.23. The highest BCUT2D eigenvalue weighted by Crippen LogP contribution is 2.23. The Balaban J connectivity index is 1.08. The minimum absolute atomic E-state index is 0.0000207. The molecular formula is C38H46N6O5S. The number of fused-ring (bicyclic) bond motifs is 1. The van der Waals surface area contributed by atoms with Gasteiger partial charge < -0.3 is 31.4 Å². The van der Waals surface area contributed by atoms with E-state index >= 15 is 0 Å². The second-order valence-corrected chi connectivity index (χ2v) is 13.6. The van der Waals surface area contributed by atoms with Gasteiger partial charge in [0.25, 0.3) is 11.8 Å². The molecule has 4 amide bonds. The number of hydrogen-bond donors (Lipinski definition) is 6. The van der Waals surface area contributed by atoms with Crippen molar-refractivity contribution < 1.29 is 23.9 Å². The summed E-state index contributed by atoms with van der Waals surface area (Å²) in [6.45, 7) is 6.79. The highest BCUT2D eigenvalue weighted by atomic mass is 32.1. The zero-order valence-corrected chi connectivity index (χ0v) is 29.6. The quantitative estimate of drug-likeness (QED) is 0.0594. The highest BCUT2D eigenvalue weighted by molar-refractivity contribution is 7.80. The van der Waals surface area contributed by atoms with Crippen LogP contribution < -0.4 is 27.0 Å². The molecule has 1 atom stereocenters. The van der Waals surface area contributed by atoms with Crippen molar-refractivity contribution in [3.8, 4) is 0 Å². The first-order valence-electron chi connectivity index (χ1n) is 16.8. The highest BCUT2D eigenvalue weighted by Gasteiger charge is 2.23. The fraction of sp³-hybridized carbons (Fsp3) is 0.342. The van der Waals surface area contributed by atoms with Crippen LogP contribution in [0.4, 0.5) is 16.2 Å². The van der Waals surface area contributed by atoms with E-state index in [2.05, 4.69) is 47.0 Å². The molecule has 0 saturated carbocycles. The van der Waals surface area contributed by atoms with E-state index in [4.69, 9.17) is 22.7 Å². The molecule has 4 rings (SSSR count). The van der Waals surface area contributed by atoms with Crippen molar-refractivity contribution in [2.45, 2.75) is 77.2 Å². The maximum atomic E-state index is 12.8. The first-order valence-corrected chi connectivity index (χ1v) is 17.2. The summed E-state index contributed by atoms with van der Waals surface area (Å²) in [5, 5.41) is 12.6. The lowest BCUT2D eigenvalue weighted by atomic mass is 9.87. The van der Waals surface area contributed by atoms with E-state index in [-0.39, 0.29) is 34.7 Å². The number of primary amides is 1. The third-order valence-corrected chi connectivity index (χ3v) is 8.38. The first-order chi connectivity index (χ1) is 23.9. The topological polar surface area (TPSA) is 167 Å². The van der Waals surface area contributed by atoms with Crippen molar-refractivity contribution in [3.05, 3.63) is 95.7 Å². The Morgan fingerprint density at radius 1 is 0.840 bits per heavy atom. The van der Waals surface area contributed by atoms with Crippen molar-refractivity contribution in [2.24, 2.45) is 5.73 Å². The van der Waals surface area contributed by atoms with E-state index < -0.39 is 12.2 Å². The van der Waals surface area contributed by atoms with E-state index in [1.54, 1.807) is 42.6 Å². The van der Waals surface area contributed by atoms with Crippen LogP contribution in [-0.2, 0) is 26.2 Å². The van der Waals surface area contributed by atoms with Gasteiger partial charge in [0.1, 0.15) is 0 Å². The molecule has 1 heterocycles. The number of para-hydroxylation sites is 1. The van der Waals surface area contributed by atoms with Crippen LogP contribution in [0, 0.1) is 0 Å². The second kappa shape index (κ2) is 18.0. The molecule has 12 heteroatoms. The van der Waals surface area contributed by atoms with Gasteiger partial charge in [0.2, 0.25) is 5.91 Å². The number of aromatic nitrogens is 1. The molecule has 0 aliphatic heterocycles. The molecule has 3 aromatic carbocycles. The summed E-state index contributed by atoms with van der Waals surface area (Å²) >= 11 is 5.31. The summed E-state index contributed by atoms with van der Waals surface area (Å²) in [5.74, 6) is -0.757. The second-order valence-electron chi connectivity index (χ2n) is 13.2. The number of ether oxygens (including phenoxy) is 1. The Bertz CT molecular complexity index is 1780. The maximum absolute atomic E-state index is 12.8. The lowest BCUT2D eigenvalue weighted by Crippen LogP contribution is -2.40. The normalized spacial score (nSPS) is 11.7. The van der Waals surface area contributed by atoms with Crippen LogP contribution in [0.2, 0.25) is 0 Å². The molecule has 0 radical (unpaired) electrons. The molecule has 7 N–H and O–H groups in total. The number of unbranched alkanes of at least 4 members (excludes halogenated alkanes) is 4. The molecule has 0 fully saturated rings. The number of benzene rings is 3. The number of nitrogens with two attached hydrogens (primary N) is 1. The molecule has 0 aliphatic rings. The predicted octanol–water partition coefficient (Wildman–Crippen LogP) is 6.69. The number of H-pyrrole nitrogens is 1. The van der Waals surface area contributed by atoms with Gasteiger partial charge >= 0.3 is 6.09 Å². The molecule has 0 aliphatic carbocycles. The van der Waals surface area contributed by atoms with Crippen LogP contribution in [0.25, 0.3) is 10.9 Å². The number of anilines is 2. The molecule has 4 aromatic rings. The summed E-state index contributed by atoms with van der Waals surface area (Å²) in [5.41, 5.74) is 10.0. The molecule has 1 aromatic heterocycles. The van der Waals surface area contributed by atoms with Crippen LogP contribution >= 0.6 is 12.2 Å². The number of hydrogen-bond acceptors (Lipinski definition) is 6. The van der Waals surface area contributed by atoms with E-state index in [9.17, 15) is 19.2 Å². The van der Waals surface area contributed by atoms with Gasteiger partial charge in [0.15, 0.2) is 11.2 Å². The summed E-state index contributed by atoms with van der Waals surface area (Å²) in [7, 11) is 0. The monoisotopic (exact) mass is 698 g/mol. The number of amides is 4. The molecule has 264 valence electrons. The summed E-state index contributed by atoms with van der Waals surface area (Å²) < 4.78 is 5.12. The van der Waals surface area contributed by atoms with Crippen LogP contribution in [0.15, 0.2) is 79.0 Å². The molecule has 50 heavy (non-hydrogen) atoms. The summed E-state index contributed by atoms with van der Waals surface area (Å²) in [6, 6.07) is 22.2. The van der Waals surface area contributed by atoms with Crippen molar-refractivity contribution >= 4 is 63.4 Å². The fourth-order valence-electron chi connectivity index (χ4n) is 5.41. The van der Waals surface area contributed by atoms with Crippen LogP contribution in [-0.4, -0.2) is 46.6 Å². The van der Waals surface area contributed by atoms with Crippen LogP contribution in [0.3, 0.4) is 0 Å². The molecule has 0 spiro atoms. The number of aromatic amines is 1. The minimum Gasteiger partial charge on any atom is -0.436 e. The van der Waals surface area contributed by atoms with Gasteiger partial charge in [0.05, 0.1) is 0 Å². The number of carbonyl (C=O) groups is 4. The standard InChI is InChI=1S/C38H46N6O5S/c1-38(2,3)27-16-14-25(15-17-27)34(46)44-37(50)43-29-20-18-28(19-21-29)42-33(45)13-7-5-4-6-10-22-40-35(47)32(49-36(39)48)23-26-24-41-31-12-9-8-11-30(26)31/h8-9,11-12,14-21,24,32,41H,4-7,10,13,22-23H2,1-3H3,(H2,39,48)(H,40,47)(H,42,45)(H2,43,44,46,50)/t32-/m0/s1. The third-order valence-electron chi connectivity index (χ3n) is 8.18. The van der Waals surface area contributed by atoms with E-state index in [0.717, 1.165) is 54.1 Å². The number of nitrogens with one attached hydrogen (secondary N) is 5. The average molecular weight is 699 g/mol. The molecule has 0 unspecified atom stereocenters. The molecule has 0 saturated heterocycles. The van der Waals surface area contributed by atoms with Crippen LogP contribution in [0.1, 0.15) is 80.8 Å². The van der Waals surface area contributed by atoms with Gasteiger partial charge in [-0.3, -0.25) is 19.7 Å². The Labute approximate surface area is 298 Å². The zero-order valence-electron chi connectivity index (χ0n) is 28.8. The fourth-order valence-corrected chi connectivity index (χ4v) is 5.62. The van der Waals surface area contributed by atoms with Crippen molar-refractivity contribution in [3.63, 3.8) is 0 Å². The van der Waals surface area contributed by atoms with Crippen molar-refractivity contribution in [1.29, 1.82) is 0 Å². The predicted molar refractivity (Wildman–Crippen MR) is 201 cm³/mol. The Kier molecular flexibility index (Phi) is 13.5. The maximum Gasteiger partial charge on any atom is 0.405 e. The third kappa shape index (κ3) is 11.7. The van der Waals surface area contributed by atoms with Gasteiger partial charge in [-0.2, -0.15) is 0 Å². The first kappa shape index (κ1) is 37.6. The number of rotatable bonds is 15. The summed E-state index contributed by atoms with van der Waals surface area (Å²) in [4.78, 5) is 52.4.